The van der Waals surface area contributed by atoms with Crippen molar-refractivity contribution in [1.29, 1.82) is 0 Å². The molecule has 0 aromatic heterocycles. The molecule has 0 spiro atoms. The van der Waals surface area contributed by atoms with E-state index in [1.54, 1.807) is 24.3 Å². The summed E-state index contributed by atoms with van der Waals surface area (Å²) < 4.78 is 0. The molecule has 16 heavy (non-hydrogen) atoms. The molecule has 82 valence electrons. The van der Waals surface area contributed by atoms with Gasteiger partial charge < -0.3 is 10.4 Å². The van der Waals surface area contributed by atoms with E-state index in [0.29, 0.717) is 10.9 Å². The molecular formula is C10H9N3O2S. The molecule has 1 aliphatic rings. The minimum Gasteiger partial charge on any atom is -0.508 e. The number of phenols is 1. The number of amides is 1. The molecule has 1 amide bonds. The van der Waals surface area contributed by atoms with Crippen molar-refractivity contribution in [3.05, 3.63) is 29.8 Å². The molecule has 5 nitrogen and oxygen atoms in total. The van der Waals surface area contributed by atoms with E-state index < -0.39 is 0 Å². The Bertz CT molecular complexity index is 471. The summed E-state index contributed by atoms with van der Waals surface area (Å²) in [5.74, 6) is 0.511. The maximum Gasteiger partial charge on any atom is 0.236 e. The minimum atomic E-state index is -0.0590. The van der Waals surface area contributed by atoms with Crippen molar-refractivity contribution in [3.8, 4) is 5.75 Å². The minimum absolute atomic E-state index is 0.0590. The first kappa shape index (κ1) is 10.7. The van der Waals surface area contributed by atoms with Crippen LogP contribution in [0.4, 0.5) is 0 Å². The molecule has 0 bridgehead atoms. The Labute approximate surface area is 96.3 Å². The number of nitrogens with one attached hydrogen (secondary N) is 1. The van der Waals surface area contributed by atoms with Crippen LogP contribution in [-0.2, 0) is 4.79 Å². The Kier molecular flexibility index (Phi) is 3.21. The molecule has 2 N–H and O–H groups in total. The van der Waals surface area contributed by atoms with Crippen LogP contribution in [0.5, 0.6) is 5.75 Å². The Morgan fingerprint density at radius 3 is 3.06 bits per heavy atom. The molecular weight excluding hydrogens is 226 g/mol. The van der Waals surface area contributed by atoms with Gasteiger partial charge in [0, 0.05) is 0 Å². The second-order valence-electron chi connectivity index (χ2n) is 3.08. The lowest BCUT2D eigenvalue weighted by atomic mass is 10.2. The number of amidine groups is 1. The van der Waals surface area contributed by atoms with Gasteiger partial charge >= 0.3 is 0 Å². The van der Waals surface area contributed by atoms with Crippen LogP contribution in [0.25, 0.3) is 0 Å². The second-order valence-corrected chi connectivity index (χ2v) is 4.05. The van der Waals surface area contributed by atoms with E-state index in [-0.39, 0.29) is 11.7 Å². The standard InChI is InChI=1S/C10H9N3O2S/c14-8-3-1-2-7(4-8)5-11-13-10-12-9(15)6-16-10/h1-5,14H,6H2,(H,12,13,15). The SMILES string of the molecule is O=C1CS/C(=N/N=Cc2cccc(O)c2)N1. The first-order valence-electron chi connectivity index (χ1n) is 4.57. The second kappa shape index (κ2) is 4.80. The van der Waals surface area contributed by atoms with Gasteiger partial charge in [0.1, 0.15) is 5.75 Å². The van der Waals surface area contributed by atoms with Crippen LogP contribution >= 0.6 is 11.8 Å². The van der Waals surface area contributed by atoms with Crippen LogP contribution in [0.1, 0.15) is 5.56 Å². The zero-order valence-corrected chi connectivity index (χ0v) is 9.07. The van der Waals surface area contributed by atoms with E-state index in [2.05, 4.69) is 15.5 Å². The van der Waals surface area contributed by atoms with Crippen LogP contribution in [-0.4, -0.2) is 28.1 Å². The predicted molar refractivity (Wildman–Crippen MR) is 63.7 cm³/mol. The summed E-state index contributed by atoms with van der Waals surface area (Å²) in [5.41, 5.74) is 0.749. The quantitative estimate of drug-likeness (QED) is 0.592. The zero-order valence-electron chi connectivity index (χ0n) is 8.25. The van der Waals surface area contributed by atoms with Crippen molar-refractivity contribution < 1.29 is 9.90 Å². The molecule has 6 heteroatoms. The fraction of sp³-hybridized carbons (Fsp3) is 0.100. The van der Waals surface area contributed by atoms with Crippen molar-refractivity contribution in [2.45, 2.75) is 0 Å². The Balaban J connectivity index is 2.02. The third-order valence-electron chi connectivity index (χ3n) is 1.81. The van der Waals surface area contributed by atoms with E-state index in [0.717, 1.165) is 5.56 Å². The van der Waals surface area contributed by atoms with E-state index >= 15 is 0 Å². The van der Waals surface area contributed by atoms with Crippen LogP contribution < -0.4 is 5.32 Å². The topological polar surface area (TPSA) is 74.0 Å². The molecule has 1 aromatic carbocycles. The summed E-state index contributed by atoms with van der Waals surface area (Å²) in [5, 5.41) is 19.9. The lowest BCUT2D eigenvalue weighted by Gasteiger charge is -1.93. The lowest BCUT2D eigenvalue weighted by Crippen LogP contribution is -2.19. The first-order chi connectivity index (χ1) is 7.74. The van der Waals surface area contributed by atoms with E-state index in [1.165, 1.54) is 18.0 Å². The van der Waals surface area contributed by atoms with Gasteiger partial charge in [-0.3, -0.25) is 4.79 Å². The van der Waals surface area contributed by atoms with Gasteiger partial charge in [-0.1, -0.05) is 23.9 Å². The van der Waals surface area contributed by atoms with Crippen LogP contribution in [0, 0.1) is 0 Å². The fourth-order valence-electron chi connectivity index (χ4n) is 1.13. The molecule has 1 fully saturated rings. The summed E-state index contributed by atoms with van der Waals surface area (Å²) >= 11 is 1.31. The highest BCUT2D eigenvalue weighted by molar-refractivity contribution is 8.15. The summed E-state index contributed by atoms with van der Waals surface area (Å²) in [7, 11) is 0. The smallest absolute Gasteiger partial charge is 0.236 e. The van der Waals surface area contributed by atoms with Crippen LogP contribution in [0.15, 0.2) is 34.5 Å². The van der Waals surface area contributed by atoms with Gasteiger partial charge in [0.15, 0.2) is 5.17 Å². The highest BCUT2D eigenvalue weighted by Gasteiger charge is 2.15. The maximum atomic E-state index is 10.8. The number of benzene rings is 1. The number of hydrogen-bond acceptors (Lipinski definition) is 5. The molecule has 0 saturated carbocycles. The molecule has 0 radical (unpaired) electrons. The van der Waals surface area contributed by atoms with E-state index in [9.17, 15) is 9.90 Å². The van der Waals surface area contributed by atoms with Crippen molar-refractivity contribution in [2.75, 3.05) is 5.75 Å². The normalized spacial score (nSPS) is 18.2. The molecule has 0 atom stereocenters. The maximum absolute atomic E-state index is 10.8. The number of thioether (sulfide) groups is 1. The molecule has 0 aliphatic carbocycles. The van der Waals surface area contributed by atoms with Gasteiger partial charge in [-0.2, -0.15) is 5.10 Å². The third kappa shape index (κ3) is 2.83. The summed E-state index contributed by atoms with van der Waals surface area (Å²) in [6, 6.07) is 6.67. The van der Waals surface area contributed by atoms with Gasteiger partial charge in [-0.15, -0.1) is 5.10 Å². The average molecular weight is 235 g/mol. The Morgan fingerprint density at radius 2 is 2.38 bits per heavy atom. The Morgan fingerprint density at radius 1 is 1.50 bits per heavy atom. The molecule has 1 heterocycles. The van der Waals surface area contributed by atoms with Crippen molar-refractivity contribution in [1.82, 2.24) is 5.32 Å². The van der Waals surface area contributed by atoms with Gasteiger partial charge in [-0.25, -0.2) is 0 Å². The van der Waals surface area contributed by atoms with Gasteiger partial charge in [0.2, 0.25) is 5.91 Å². The predicted octanol–water partition coefficient (Wildman–Crippen LogP) is 0.945. The number of nitrogens with zero attached hydrogens (tertiary/aromatic N) is 2. The van der Waals surface area contributed by atoms with Crippen molar-refractivity contribution >= 4 is 29.1 Å². The monoisotopic (exact) mass is 235 g/mol. The van der Waals surface area contributed by atoms with Crippen LogP contribution in [0.3, 0.4) is 0 Å². The number of aromatic hydroxyl groups is 1. The number of hydrogen-bond donors (Lipinski definition) is 2. The molecule has 2 rings (SSSR count). The molecule has 1 aliphatic heterocycles. The number of phenolic OH excluding ortho intramolecular Hbond substituents is 1. The van der Waals surface area contributed by atoms with Gasteiger partial charge in [0.25, 0.3) is 0 Å². The van der Waals surface area contributed by atoms with Crippen molar-refractivity contribution in [3.63, 3.8) is 0 Å². The fourth-order valence-corrected chi connectivity index (χ4v) is 1.76. The summed E-state index contributed by atoms with van der Waals surface area (Å²) in [6.07, 6.45) is 1.51. The summed E-state index contributed by atoms with van der Waals surface area (Å²) in [4.78, 5) is 10.8. The molecule has 0 unspecified atom stereocenters. The van der Waals surface area contributed by atoms with Crippen LogP contribution in [0.2, 0.25) is 0 Å². The van der Waals surface area contributed by atoms with E-state index in [4.69, 9.17) is 0 Å². The number of carbonyl (C=O) groups excluding carboxylic acids is 1. The Hall–Kier alpha value is -1.82. The number of rotatable bonds is 2. The highest BCUT2D eigenvalue weighted by Crippen LogP contribution is 2.10. The average Bonchev–Trinajstić information content (AvgIpc) is 2.64. The lowest BCUT2D eigenvalue weighted by molar-refractivity contribution is -0.116. The highest BCUT2D eigenvalue weighted by atomic mass is 32.2. The zero-order chi connectivity index (χ0) is 11.4. The van der Waals surface area contributed by atoms with Gasteiger partial charge in [-0.05, 0) is 17.7 Å². The third-order valence-corrected chi connectivity index (χ3v) is 2.68. The molecule has 1 saturated heterocycles. The van der Waals surface area contributed by atoms with Gasteiger partial charge in [0.05, 0.1) is 12.0 Å². The summed E-state index contributed by atoms with van der Waals surface area (Å²) in [6.45, 7) is 0. The largest absolute Gasteiger partial charge is 0.508 e. The van der Waals surface area contributed by atoms with E-state index in [1.807, 2.05) is 0 Å². The number of carbonyl (C=O) groups is 1. The van der Waals surface area contributed by atoms with Crippen molar-refractivity contribution in [2.24, 2.45) is 10.2 Å². The first-order valence-corrected chi connectivity index (χ1v) is 5.55. The molecule has 1 aromatic rings.